The van der Waals surface area contributed by atoms with Gasteiger partial charge in [-0.3, -0.25) is 0 Å². The normalized spacial score (nSPS) is 17.2. The summed E-state index contributed by atoms with van der Waals surface area (Å²) in [5.41, 5.74) is 0.558. The average Bonchev–Trinajstić information content (AvgIpc) is 2.53. The van der Waals surface area contributed by atoms with Crippen molar-refractivity contribution < 1.29 is 23.5 Å². The molecule has 2 N–H and O–H groups in total. The van der Waals surface area contributed by atoms with Gasteiger partial charge in [0.05, 0.1) is 23.9 Å². The molecule has 0 spiro atoms. The molecule has 0 fully saturated rings. The molecule has 0 aromatic heterocycles. The van der Waals surface area contributed by atoms with Crippen LogP contribution in [-0.4, -0.2) is 31.3 Å². The summed E-state index contributed by atoms with van der Waals surface area (Å²) in [4.78, 5) is 23.9. The first-order chi connectivity index (χ1) is 11.5. The lowest BCUT2D eigenvalue weighted by Crippen LogP contribution is -2.51. The van der Waals surface area contributed by atoms with Gasteiger partial charge < -0.3 is 20.1 Å². The number of nitrogens with one attached hydrogen (secondary N) is 2. The minimum Gasteiger partial charge on any atom is -0.484 e. The number of urea groups is 1. The molecule has 2 rings (SSSR count). The maximum Gasteiger partial charge on any atom is 0.338 e. The molecule has 1 aromatic carbocycles. The van der Waals surface area contributed by atoms with Gasteiger partial charge in [-0.2, -0.15) is 0 Å². The topological polar surface area (TPSA) is 76.7 Å². The number of esters is 1. The van der Waals surface area contributed by atoms with Crippen LogP contribution >= 0.6 is 15.9 Å². The van der Waals surface area contributed by atoms with Crippen molar-refractivity contribution in [3.8, 4) is 5.75 Å². The lowest BCUT2D eigenvalue weighted by Gasteiger charge is -2.28. The van der Waals surface area contributed by atoms with Crippen molar-refractivity contribution in [1.82, 2.24) is 10.6 Å². The van der Waals surface area contributed by atoms with Crippen LogP contribution in [0.25, 0.3) is 0 Å². The van der Waals surface area contributed by atoms with Crippen molar-refractivity contribution in [2.75, 3.05) is 13.2 Å². The van der Waals surface area contributed by atoms with Crippen LogP contribution in [0.4, 0.5) is 9.18 Å². The molecule has 0 aliphatic carbocycles. The van der Waals surface area contributed by atoms with Gasteiger partial charge in [0.2, 0.25) is 0 Å². The fourth-order valence-corrected chi connectivity index (χ4v) is 2.65. The van der Waals surface area contributed by atoms with E-state index in [0.717, 1.165) is 0 Å². The molecule has 1 heterocycles. The first kappa shape index (κ1) is 18.3. The SMILES string of the molecule is CCOC(=O)C1=C(COc2ccc(Br)cc2F)NC(=O)N[C@H]1CC. The molecule has 0 radical (unpaired) electrons. The summed E-state index contributed by atoms with van der Waals surface area (Å²) in [7, 11) is 0. The molecule has 1 aliphatic rings. The molecule has 8 heteroatoms. The van der Waals surface area contributed by atoms with Gasteiger partial charge in [0.15, 0.2) is 11.6 Å². The van der Waals surface area contributed by atoms with E-state index in [0.29, 0.717) is 10.9 Å². The Balaban J connectivity index is 2.26. The number of hydrogen-bond acceptors (Lipinski definition) is 4. The standard InChI is InChI=1S/C16H18BrFN2O4/c1-3-11-14(15(21)23-4-2)12(20-16(22)19-11)8-24-13-6-5-9(17)7-10(13)18/h5-7,11H,3-4,8H2,1-2H3,(H2,19,20,22)/t11-/m0/s1. The van der Waals surface area contributed by atoms with Gasteiger partial charge in [-0.05, 0) is 31.5 Å². The van der Waals surface area contributed by atoms with Gasteiger partial charge in [-0.15, -0.1) is 0 Å². The number of rotatable bonds is 6. The predicted molar refractivity (Wildman–Crippen MR) is 89.0 cm³/mol. The molecule has 0 saturated heterocycles. The quantitative estimate of drug-likeness (QED) is 0.719. The highest BCUT2D eigenvalue weighted by molar-refractivity contribution is 9.10. The second-order valence-corrected chi connectivity index (χ2v) is 5.95. The number of benzene rings is 1. The second-order valence-electron chi connectivity index (χ2n) is 5.04. The van der Waals surface area contributed by atoms with Gasteiger partial charge >= 0.3 is 12.0 Å². The van der Waals surface area contributed by atoms with Crippen molar-refractivity contribution >= 4 is 27.9 Å². The van der Waals surface area contributed by atoms with Crippen molar-refractivity contribution in [1.29, 1.82) is 0 Å². The smallest absolute Gasteiger partial charge is 0.338 e. The number of amides is 2. The number of carbonyl (C=O) groups excluding carboxylic acids is 2. The first-order valence-electron chi connectivity index (χ1n) is 7.51. The molecule has 0 unspecified atom stereocenters. The van der Waals surface area contributed by atoms with E-state index in [1.165, 1.54) is 12.1 Å². The summed E-state index contributed by atoms with van der Waals surface area (Å²) >= 11 is 3.16. The van der Waals surface area contributed by atoms with E-state index < -0.39 is 23.9 Å². The maximum atomic E-state index is 13.8. The van der Waals surface area contributed by atoms with Gasteiger partial charge in [0, 0.05) is 4.47 Å². The van der Waals surface area contributed by atoms with Gasteiger partial charge in [0.1, 0.15) is 6.61 Å². The van der Waals surface area contributed by atoms with Crippen LogP contribution in [0.15, 0.2) is 33.9 Å². The molecule has 130 valence electrons. The van der Waals surface area contributed by atoms with Crippen LogP contribution in [0.5, 0.6) is 5.75 Å². The van der Waals surface area contributed by atoms with E-state index >= 15 is 0 Å². The van der Waals surface area contributed by atoms with Crippen molar-refractivity contribution in [3.05, 3.63) is 39.8 Å². The molecular weight excluding hydrogens is 383 g/mol. The fourth-order valence-electron chi connectivity index (χ4n) is 2.32. The van der Waals surface area contributed by atoms with Gasteiger partial charge in [-0.25, -0.2) is 14.0 Å². The fraction of sp³-hybridized carbons (Fsp3) is 0.375. The molecule has 6 nitrogen and oxygen atoms in total. The van der Waals surface area contributed by atoms with Crippen LogP contribution in [0.1, 0.15) is 20.3 Å². The Hall–Kier alpha value is -2.09. The summed E-state index contributed by atoms with van der Waals surface area (Å²) in [6.07, 6.45) is 0.512. The molecule has 1 aliphatic heterocycles. The largest absolute Gasteiger partial charge is 0.484 e. The van der Waals surface area contributed by atoms with Gasteiger partial charge in [-0.1, -0.05) is 22.9 Å². The number of halogens is 2. The zero-order valence-corrected chi connectivity index (χ0v) is 14.9. The highest BCUT2D eigenvalue weighted by Gasteiger charge is 2.31. The second kappa shape index (κ2) is 8.14. The van der Waals surface area contributed by atoms with Crippen LogP contribution in [0, 0.1) is 5.82 Å². The minimum absolute atomic E-state index is 0.0229. The molecule has 0 bridgehead atoms. The van der Waals surface area contributed by atoms with E-state index in [1.807, 2.05) is 6.92 Å². The van der Waals surface area contributed by atoms with Crippen molar-refractivity contribution in [2.45, 2.75) is 26.3 Å². The van der Waals surface area contributed by atoms with Crippen molar-refractivity contribution in [3.63, 3.8) is 0 Å². The molecule has 2 amide bonds. The molecule has 1 aromatic rings. The first-order valence-corrected chi connectivity index (χ1v) is 8.31. The minimum atomic E-state index is -0.546. The monoisotopic (exact) mass is 400 g/mol. The number of carbonyl (C=O) groups is 2. The zero-order chi connectivity index (χ0) is 17.7. The highest BCUT2D eigenvalue weighted by atomic mass is 79.9. The zero-order valence-electron chi connectivity index (χ0n) is 13.3. The van der Waals surface area contributed by atoms with E-state index in [1.54, 1.807) is 13.0 Å². The third-order valence-electron chi connectivity index (χ3n) is 3.41. The van der Waals surface area contributed by atoms with Crippen LogP contribution in [0.3, 0.4) is 0 Å². The Morgan fingerprint density at radius 1 is 1.38 bits per heavy atom. The third-order valence-corrected chi connectivity index (χ3v) is 3.91. The van der Waals surface area contributed by atoms with E-state index in [2.05, 4.69) is 26.6 Å². The van der Waals surface area contributed by atoms with E-state index in [9.17, 15) is 14.0 Å². The van der Waals surface area contributed by atoms with E-state index in [4.69, 9.17) is 9.47 Å². The lowest BCUT2D eigenvalue weighted by molar-refractivity contribution is -0.139. The lowest BCUT2D eigenvalue weighted by atomic mass is 10.0. The average molecular weight is 401 g/mol. The van der Waals surface area contributed by atoms with E-state index in [-0.39, 0.29) is 30.2 Å². The Kier molecular flexibility index (Phi) is 6.19. The molecular formula is C16H18BrFN2O4. The van der Waals surface area contributed by atoms with Gasteiger partial charge in [0.25, 0.3) is 0 Å². The molecule has 1 atom stereocenters. The van der Waals surface area contributed by atoms with Crippen LogP contribution in [-0.2, 0) is 9.53 Å². The Morgan fingerprint density at radius 3 is 2.75 bits per heavy atom. The third kappa shape index (κ3) is 4.25. The maximum absolute atomic E-state index is 13.8. The van der Waals surface area contributed by atoms with Crippen LogP contribution in [0.2, 0.25) is 0 Å². The van der Waals surface area contributed by atoms with Crippen LogP contribution < -0.4 is 15.4 Å². The highest BCUT2D eigenvalue weighted by Crippen LogP contribution is 2.23. The predicted octanol–water partition coefficient (Wildman–Crippen LogP) is 2.88. The van der Waals surface area contributed by atoms with Crippen molar-refractivity contribution in [2.24, 2.45) is 0 Å². The number of hydrogen-bond donors (Lipinski definition) is 2. The number of ether oxygens (including phenoxy) is 2. The Bertz CT molecular complexity index is 678. The molecule has 0 saturated carbocycles. The molecule has 24 heavy (non-hydrogen) atoms. The summed E-state index contributed by atoms with van der Waals surface area (Å²) in [6.45, 7) is 3.59. The summed E-state index contributed by atoms with van der Waals surface area (Å²) in [6, 6.07) is 3.45. The summed E-state index contributed by atoms with van der Waals surface area (Å²) < 4.78 is 24.9. The summed E-state index contributed by atoms with van der Waals surface area (Å²) in [5.74, 6) is -1.06. The Morgan fingerprint density at radius 2 is 2.12 bits per heavy atom. The Labute approximate surface area is 147 Å². The summed E-state index contributed by atoms with van der Waals surface area (Å²) in [5, 5.41) is 5.20.